The summed E-state index contributed by atoms with van der Waals surface area (Å²) in [7, 11) is -3.14. The van der Waals surface area contributed by atoms with Crippen LogP contribution in [0.1, 0.15) is 23.0 Å². The molecule has 0 saturated carbocycles. The van der Waals surface area contributed by atoms with Gasteiger partial charge < -0.3 is 11.1 Å². The first kappa shape index (κ1) is 15.5. The molecule has 0 aliphatic carbocycles. The Hall–Kier alpha value is -1.54. The number of aromatic nitrogens is 1. The van der Waals surface area contributed by atoms with Gasteiger partial charge in [-0.05, 0) is 19.1 Å². The minimum atomic E-state index is -3.14. The molecule has 1 unspecified atom stereocenters. The largest absolute Gasteiger partial charge is 0.389 e. The maximum atomic E-state index is 11.8. The zero-order valence-electron chi connectivity index (χ0n) is 10.6. The van der Waals surface area contributed by atoms with Gasteiger partial charge >= 0.3 is 0 Å². The van der Waals surface area contributed by atoms with Gasteiger partial charge in [0.25, 0.3) is 5.91 Å². The van der Waals surface area contributed by atoms with Crippen LogP contribution in [0.3, 0.4) is 0 Å². The number of hydrogen-bond donors (Lipinski definition) is 2. The van der Waals surface area contributed by atoms with Crippen LogP contribution in [0.15, 0.2) is 18.3 Å². The van der Waals surface area contributed by atoms with Gasteiger partial charge in [0, 0.05) is 24.1 Å². The van der Waals surface area contributed by atoms with Crippen LogP contribution in [0.2, 0.25) is 0 Å². The fraction of sp³-hybridized carbons (Fsp3) is 0.364. The Bertz CT molecular complexity index is 582. The summed E-state index contributed by atoms with van der Waals surface area (Å²) in [6.45, 7) is 1.61. The van der Waals surface area contributed by atoms with Gasteiger partial charge in [0.05, 0.1) is 5.75 Å². The Labute approximate surface area is 117 Å². The van der Waals surface area contributed by atoms with Crippen LogP contribution in [-0.2, 0) is 9.84 Å². The first-order valence-electron chi connectivity index (χ1n) is 5.43. The second-order valence-electron chi connectivity index (χ2n) is 4.26. The third kappa shape index (κ3) is 5.31. The van der Waals surface area contributed by atoms with Crippen molar-refractivity contribution in [3.63, 3.8) is 0 Å². The molecule has 1 amide bonds. The fourth-order valence-corrected chi connectivity index (χ4v) is 2.58. The Morgan fingerprint density at radius 2 is 2.16 bits per heavy atom. The summed E-state index contributed by atoms with van der Waals surface area (Å²) in [5.41, 5.74) is 6.16. The summed E-state index contributed by atoms with van der Waals surface area (Å²) in [4.78, 5) is 15.9. The van der Waals surface area contributed by atoms with E-state index in [1.807, 2.05) is 0 Å². The molecule has 6 nitrogen and oxygen atoms in total. The van der Waals surface area contributed by atoms with Crippen LogP contribution in [0.5, 0.6) is 0 Å². The smallest absolute Gasteiger partial charge is 0.270 e. The molecular weight excluding hydrogens is 286 g/mol. The number of amides is 1. The number of rotatable bonds is 5. The van der Waals surface area contributed by atoms with Crippen molar-refractivity contribution in [3.8, 4) is 0 Å². The van der Waals surface area contributed by atoms with Crippen molar-refractivity contribution in [1.29, 1.82) is 0 Å². The third-order valence-electron chi connectivity index (χ3n) is 2.21. The van der Waals surface area contributed by atoms with E-state index in [0.29, 0.717) is 5.56 Å². The van der Waals surface area contributed by atoms with E-state index in [-0.39, 0.29) is 16.4 Å². The van der Waals surface area contributed by atoms with Crippen molar-refractivity contribution < 1.29 is 13.2 Å². The third-order valence-corrected chi connectivity index (χ3v) is 3.55. The number of carbonyl (C=O) groups excluding carboxylic acids is 1. The molecule has 0 aliphatic rings. The topological polar surface area (TPSA) is 102 Å². The van der Waals surface area contributed by atoms with Crippen molar-refractivity contribution in [2.24, 2.45) is 5.73 Å². The molecule has 8 heteroatoms. The molecule has 1 aromatic heterocycles. The van der Waals surface area contributed by atoms with Crippen LogP contribution >= 0.6 is 12.2 Å². The molecule has 0 saturated heterocycles. The molecule has 0 fully saturated rings. The Balaban J connectivity index is 2.70. The lowest BCUT2D eigenvalue weighted by Crippen LogP contribution is -2.37. The van der Waals surface area contributed by atoms with Crippen molar-refractivity contribution in [2.45, 2.75) is 13.0 Å². The number of hydrogen-bond acceptors (Lipinski definition) is 5. The Kier molecular flexibility index (Phi) is 4.96. The molecule has 0 radical (unpaired) electrons. The van der Waals surface area contributed by atoms with E-state index in [1.54, 1.807) is 13.0 Å². The molecule has 1 atom stereocenters. The Morgan fingerprint density at radius 3 is 2.58 bits per heavy atom. The standard InChI is InChI=1S/C11H15N3O3S2/c1-7(6-19(2,16)17)14-11(15)9-4-3-8(5-13-9)10(12)18/h3-5,7H,6H2,1-2H3,(H2,12,18)(H,14,15). The van der Waals surface area contributed by atoms with Gasteiger partial charge in [0.2, 0.25) is 0 Å². The van der Waals surface area contributed by atoms with E-state index >= 15 is 0 Å². The van der Waals surface area contributed by atoms with Gasteiger partial charge in [-0.2, -0.15) is 0 Å². The van der Waals surface area contributed by atoms with Crippen LogP contribution in [0, 0.1) is 0 Å². The van der Waals surface area contributed by atoms with E-state index in [1.165, 1.54) is 12.3 Å². The quantitative estimate of drug-likeness (QED) is 0.735. The van der Waals surface area contributed by atoms with Crippen LogP contribution in [-0.4, -0.2) is 42.3 Å². The zero-order chi connectivity index (χ0) is 14.6. The van der Waals surface area contributed by atoms with Crippen molar-refractivity contribution in [2.75, 3.05) is 12.0 Å². The van der Waals surface area contributed by atoms with E-state index in [9.17, 15) is 13.2 Å². The number of nitrogens with one attached hydrogen (secondary N) is 1. The van der Waals surface area contributed by atoms with Crippen molar-refractivity contribution in [3.05, 3.63) is 29.6 Å². The van der Waals surface area contributed by atoms with Gasteiger partial charge in [0.1, 0.15) is 20.5 Å². The summed E-state index contributed by atoms with van der Waals surface area (Å²) in [6, 6.07) is 2.59. The number of nitrogens with two attached hydrogens (primary N) is 1. The van der Waals surface area contributed by atoms with E-state index in [0.717, 1.165) is 6.26 Å². The van der Waals surface area contributed by atoms with Crippen LogP contribution in [0.25, 0.3) is 0 Å². The lowest BCUT2D eigenvalue weighted by atomic mass is 10.2. The SMILES string of the molecule is CC(CS(C)(=O)=O)NC(=O)c1ccc(C(N)=S)cn1. The first-order valence-corrected chi connectivity index (χ1v) is 7.90. The average Bonchev–Trinajstić information content (AvgIpc) is 2.26. The highest BCUT2D eigenvalue weighted by molar-refractivity contribution is 7.90. The summed E-state index contributed by atoms with van der Waals surface area (Å²) >= 11 is 4.77. The summed E-state index contributed by atoms with van der Waals surface area (Å²) < 4.78 is 22.2. The highest BCUT2D eigenvalue weighted by Crippen LogP contribution is 2.01. The Morgan fingerprint density at radius 1 is 1.53 bits per heavy atom. The summed E-state index contributed by atoms with van der Waals surface area (Å²) in [6.07, 6.45) is 2.52. The van der Waals surface area contributed by atoms with Crippen LogP contribution < -0.4 is 11.1 Å². The van der Waals surface area contributed by atoms with Gasteiger partial charge in [-0.25, -0.2) is 8.42 Å². The second-order valence-corrected chi connectivity index (χ2v) is 6.89. The number of carbonyl (C=O) groups is 1. The predicted molar refractivity (Wildman–Crippen MR) is 76.8 cm³/mol. The maximum absolute atomic E-state index is 11.8. The van der Waals surface area contributed by atoms with E-state index < -0.39 is 21.8 Å². The predicted octanol–water partition coefficient (Wildman–Crippen LogP) is -0.121. The summed E-state index contributed by atoms with van der Waals surface area (Å²) in [5.74, 6) is -0.561. The minimum absolute atomic E-state index is 0.121. The highest BCUT2D eigenvalue weighted by Gasteiger charge is 2.15. The minimum Gasteiger partial charge on any atom is -0.389 e. The molecule has 0 aromatic carbocycles. The van der Waals surface area contributed by atoms with E-state index in [4.69, 9.17) is 18.0 Å². The molecule has 1 aromatic rings. The monoisotopic (exact) mass is 301 g/mol. The maximum Gasteiger partial charge on any atom is 0.270 e. The molecule has 0 spiro atoms. The van der Waals surface area contributed by atoms with Crippen molar-refractivity contribution in [1.82, 2.24) is 10.3 Å². The number of pyridine rings is 1. The molecular formula is C11H15N3O3S2. The fourth-order valence-electron chi connectivity index (χ4n) is 1.47. The average molecular weight is 301 g/mol. The van der Waals surface area contributed by atoms with Gasteiger partial charge in [-0.3, -0.25) is 9.78 Å². The lowest BCUT2D eigenvalue weighted by molar-refractivity contribution is 0.0938. The normalized spacial score (nSPS) is 12.7. The molecule has 0 aliphatic heterocycles. The number of sulfone groups is 1. The lowest BCUT2D eigenvalue weighted by Gasteiger charge is -2.12. The second kappa shape index (κ2) is 6.07. The molecule has 104 valence electrons. The molecule has 19 heavy (non-hydrogen) atoms. The molecule has 1 heterocycles. The van der Waals surface area contributed by atoms with Gasteiger partial charge in [-0.15, -0.1) is 0 Å². The highest BCUT2D eigenvalue weighted by atomic mass is 32.2. The summed E-state index contributed by atoms with van der Waals surface area (Å²) in [5, 5.41) is 2.56. The molecule has 3 N–H and O–H groups in total. The van der Waals surface area contributed by atoms with Gasteiger partial charge in [-0.1, -0.05) is 12.2 Å². The van der Waals surface area contributed by atoms with Crippen LogP contribution in [0.4, 0.5) is 0 Å². The molecule has 0 bridgehead atoms. The number of thiocarbonyl (C=S) groups is 1. The molecule has 1 rings (SSSR count). The van der Waals surface area contributed by atoms with Crippen molar-refractivity contribution >= 4 is 33.0 Å². The number of nitrogens with zero attached hydrogens (tertiary/aromatic N) is 1. The van der Waals surface area contributed by atoms with Gasteiger partial charge in [0.15, 0.2) is 0 Å². The first-order chi connectivity index (χ1) is 8.69. The van der Waals surface area contributed by atoms with E-state index in [2.05, 4.69) is 10.3 Å². The zero-order valence-corrected chi connectivity index (χ0v) is 12.2.